The van der Waals surface area contributed by atoms with Crippen LogP contribution in [0.4, 0.5) is 0 Å². The molecule has 2 rings (SSSR count). The van der Waals surface area contributed by atoms with Crippen molar-refractivity contribution < 1.29 is 0 Å². The van der Waals surface area contributed by atoms with Crippen LogP contribution in [0.25, 0.3) is 5.65 Å². The van der Waals surface area contributed by atoms with Crippen molar-refractivity contribution >= 4 is 35.6 Å². The van der Waals surface area contributed by atoms with Crippen molar-refractivity contribution in [1.29, 1.82) is 0 Å². The van der Waals surface area contributed by atoms with Crippen molar-refractivity contribution in [2.45, 2.75) is 33.7 Å². The van der Waals surface area contributed by atoms with Gasteiger partial charge in [0.15, 0.2) is 17.4 Å². The summed E-state index contributed by atoms with van der Waals surface area (Å²) in [6.07, 6.45) is 3.08. The van der Waals surface area contributed by atoms with E-state index in [2.05, 4.69) is 46.6 Å². The fraction of sp³-hybridized carbons (Fsp3) is 0.533. The predicted molar refractivity (Wildman–Crippen MR) is 101 cm³/mol. The van der Waals surface area contributed by atoms with E-state index < -0.39 is 0 Å². The van der Waals surface area contributed by atoms with Crippen LogP contribution in [0.3, 0.4) is 0 Å². The maximum Gasteiger partial charge on any atom is 0.191 e. The Labute approximate surface area is 148 Å². The molecule has 0 fully saturated rings. The van der Waals surface area contributed by atoms with Gasteiger partial charge < -0.3 is 10.6 Å². The zero-order chi connectivity index (χ0) is 15.1. The van der Waals surface area contributed by atoms with Gasteiger partial charge in [-0.1, -0.05) is 19.9 Å². The van der Waals surface area contributed by atoms with E-state index >= 15 is 0 Å². The van der Waals surface area contributed by atoms with Gasteiger partial charge >= 0.3 is 0 Å². The molecule has 0 spiro atoms. The van der Waals surface area contributed by atoms with E-state index in [1.165, 1.54) is 0 Å². The van der Waals surface area contributed by atoms with Crippen LogP contribution in [0.15, 0.2) is 29.4 Å². The fourth-order valence-corrected chi connectivity index (χ4v) is 1.97. The molecular formula is C15H25IN6. The highest BCUT2D eigenvalue weighted by atomic mass is 127. The largest absolute Gasteiger partial charge is 0.357 e. The van der Waals surface area contributed by atoms with E-state index in [1.807, 2.05) is 28.8 Å². The van der Waals surface area contributed by atoms with E-state index in [4.69, 9.17) is 0 Å². The zero-order valence-corrected chi connectivity index (χ0v) is 15.7. The smallest absolute Gasteiger partial charge is 0.191 e. The molecule has 0 atom stereocenters. The van der Waals surface area contributed by atoms with Gasteiger partial charge in [0.25, 0.3) is 0 Å². The molecule has 0 amide bonds. The highest BCUT2D eigenvalue weighted by molar-refractivity contribution is 14.0. The third-order valence-corrected chi connectivity index (χ3v) is 3.12. The number of pyridine rings is 1. The van der Waals surface area contributed by atoms with Gasteiger partial charge in [-0.25, -0.2) is 4.99 Å². The van der Waals surface area contributed by atoms with Gasteiger partial charge in [0.2, 0.25) is 0 Å². The number of hydrogen-bond acceptors (Lipinski definition) is 3. The van der Waals surface area contributed by atoms with Crippen molar-refractivity contribution in [1.82, 2.24) is 25.2 Å². The molecule has 0 radical (unpaired) electrons. The molecular weight excluding hydrogens is 391 g/mol. The lowest BCUT2D eigenvalue weighted by molar-refractivity contribution is 0.573. The highest BCUT2D eigenvalue weighted by Gasteiger charge is 2.04. The lowest BCUT2D eigenvalue weighted by Crippen LogP contribution is -2.38. The molecule has 0 bridgehead atoms. The van der Waals surface area contributed by atoms with Crippen molar-refractivity contribution in [3.63, 3.8) is 0 Å². The Morgan fingerprint density at radius 2 is 2.09 bits per heavy atom. The molecule has 0 aliphatic carbocycles. The molecule has 0 saturated heterocycles. The number of rotatable bonds is 6. The zero-order valence-electron chi connectivity index (χ0n) is 13.4. The van der Waals surface area contributed by atoms with Crippen molar-refractivity contribution in [2.75, 3.05) is 13.1 Å². The summed E-state index contributed by atoms with van der Waals surface area (Å²) in [5, 5.41) is 14.9. The lowest BCUT2D eigenvalue weighted by atomic mass is 10.1. The summed E-state index contributed by atoms with van der Waals surface area (Å²) in [7, 11) is 0. The van der Waals surface area contributed by atoms with Gasteiger partial charge in [0.1, 0.15) is 6.54 Å². The number of aliphatic imine (C=N–C) groups is 1. The second kappa shape index (κ2) is 9.60. The molecule has 2 N–H and O–H groups in total. The third kappa shape index (κ3) is 5.43. The summed E-state index contributed by atoms with van der Waals surface area (Å²) in [5.41, 5.74) is 0.848. The summed E-state index contributed by atoms with van der Waals surface area (Å²) in [5.74, 6) is 2.35. The molecule has 0 saturated carbocycles. The van der Waals surface area contributed by atoms with E-state index in [9.17, 15) is 0 Å². The Kier molecular flexibility index (Phi) is 8.15. The van der Waals surface area contributed by atoms with Crippen LogP contribution in [0.2, 0.25) is 0 Å². The minimum atomic E-state index is 0. The first-order chi connectivity index (χ1) is 10.2. The van der Waals surface area contributed by atoms with E-state index in [0.717, 1.165) is 36.9 Å². The van der Waals surface area contributed by atoms with Gasteiger partial charge in [-0.15, -0.1) is 34.2 Å². The van der Waals surface area contributed by atoms with Gasteiger partial charge in [-0.3, -0.25) is 4.40 Å². The van der Waals surface area contributed by atoms with Gasteiger partial charge in [-0.05, 0) is 31.4 Å². The van der Waals surface area contributed by atoms with E-state index in [-0.39, 0.29) is 24.0 Å². The van der Waals surface area contributed by atoms with E-state index in [0.29, 0.717) is 12.5 Å². The fourth-order valence-electron chi connectivity index (χ4n) is 1.97. The van der Waals surface area contributed by atoms with Crippen LogP contribution in [0, 0.1) is 5.92 Å². The van der Waals surface area contributed by atoms with Crippen LogP contribution in [0.1, 0.15) is 33.0 Å². The maximum atomic E-state index is 4.57. The molecule has 0 unspecified atom stereocenters. The second-order valence-electron chi connectivity index (χ2n) is 5.35. The van der Waals surface area contributed by atoms with Crippen LogP contribution < -0.4 is 10.6 Å². The number of hydrogen-bond donors (Lipinski definition) is 2. The molecule has 6 nitrogen and oxygen atoms in total. The Hall–Kier alpha value is -1.38. The molecule has 2 heterocycles. The van der Waals surface area contributed by atoms with Crippen molar-refractivity contribution in [2.24, 2.45) is 10.9 Å². The van der Waals surface area contributed by atoms with E-state index in [1.54, 1.807) is 0 Å². The minimum absolute atomic E-state index is 0. The first-order valence-electron chi connectivity index (χ1n) is 7.51. The van der Waals surface area contributed by atoms with Gasteiger partial charge in [0, 0.05) is 19.3 Å². The molecule has 0 aliphatic rings. The molecule has 7 heteroatoms. The first-order valence-corrected chi connectivity index (χ1v) is 7.51. The Morgan fingerprint density at radius 1 is 1.27 bits per heavy atom. The summed E-state index contributed by atoms with van der Waals surface area (Å²) in [6, 6.07) is 5.86. The topological polar surface area (TPSA) is 66.6 Å². The molecule has 122 valence electrons. The van der Waals surface area contributed by atoms with Crippen LogP contribution in [0.5, 0.6) is 0 Å². The monoisotopic (exact) mass is 416 g/mol. The molecule has 22 heavy (non-hydrogen) atoms. The molecule has 0 aromatic carbocycles. The predicted octanol–water partition coefficient (Wildman–Crippen LogP) is 2.45. The SMILES string of the molecule is CCNC(=NCc1nnc2ccccn12)NCCC(C)C.I. The summed E-state index contributed by atoms with van der Waals surface area (Å²) < 4.78 is 1.96. The average molecular weight is 416 g/mol. The third-order valence-electron chi connectivity index (χ3n) is 3.12. The maximum absolute atomic E-state index is 4.57. The molecule has 0 aliphatic heterocycles. The molecule has 2 aromatic rings. The number of fused-ring (bicyclic) bond motifs is 1. The normalized spacial score (nSPS) is 11.5. The highest BCUT2D eigenvalue weighted by Crippen LogP contribution is 2.03. The minimum Gasteiger partial charge on any atom is -0.357 e. The first kappa shape index (κ1) is 18.7. The summed E-state index contributed by atoms with van der Waals surface area (Å²) in [4.78, 5) is 4.57. The Balaban J connectivity index is 0.00000242. The van der Waals surface area contributed by atoms with Crippen LogP contribution in [-0.4, -0.2) is 33.6 Å². The number of aromatic nitrogens is 3. The quantitative estimate of drug-likeness (QED) is 0.432. The lowest BCUT2D eigenvalue weighted by Gasteiger charge is -2.12. The molecule has 2 aromatic heterocycles. The standard InChI is InChI=1S/C15H24N6.HI/c1-4-16-15(17-9-8-12(2)3)18-11-14-20-19-13-7-5-6-10-21(13)14;/h5-7,10,12H,4,8-9,11H2,1-3H3,(H2,16,17,18);1H. The average Bonchev–Trinajstić information content (AvgIpc) is 2.88. The van der Waals surface area contributed by atoms with Gasteiger partial charge in [0.05, 0.1) is 0 Å². The van der Waals surface area contributed by atoms with Crippen LogP contribution >= 0.6 is 24.0 Å². The second-order valence-corrected chi connectivity index (χ2v) is 5.35. The van der Waals surface area contributed by atoms with Crippen molar-refractivity contribution in [3.8, 4) is 0 Å². The van der Waals surface area contributed by atoms with Crippen molar-refractivity contribution in [3.05, 3.63) is 30.2 Å². The number of guanidine groups is 1. The Morgan fingerprint density at radius 3 is 2.82 bits per heavy atom. The van der Waals surface area contributed by atoms with Crippen LogP contribution in [-0.2, 0) is 6.54 Å². The Bertz CT molecular complexity index is 592. The number of halogens is 1. The number of nitrogens with one attached hydrogen (secondary N) is 2. The van der Waals surface area contributed by atoms with Gasteiger partial charge in [-0.2, -0.15) is 0 Å². The summed E-state index contributed by atoms with van der Waals surface area (Å²) >= 11 is 0. The summed E-state index contributed by atoms with van der Waals surface area (Å²) in [6.45, 7) is 8.76. The number of nitrogens with zero attached hydrogens (tertiary/aromatic N) is 4.